The van der Waals surface area contributed by atoms with Gasteiger partial charge in [-0.25, -0.2) is 0 Å². The van der Waals surface area contributed by atoms with Crippen molar-refractivity contribution in [2.75, 3.05) is 6.79 Å². The average molecular weight is 349 g/mol. The van der Waals surface area contributed by atoms with E-state index in [1.54, 1.807) is 0 Å². The van der Waals surface area contributed by atoms with Crippen LogP contribution in [0.4, 0.5) is 0 Å². The molecular weight excluding hydrogens is 328 g/mol. The molecule has 122 valence electrons. The van der Waals surface area contributed by atoms with Crippen molar-refractivity contribution in [2.24, 2.45) is 0 Å². The third-order valence-corrected chi connectivity index (χ3v) is 6.00. The maximum Gasteiger partial charge on any atom is 0.189 e. The molecule has 0 N–H and O–H groups in total. The predicted molar refractivity (Wildman–Crippen MR) is 96.7 cm³/mol. The summed E-state index contributed by atoms with van der Waals surface area (Å²) >= 11 is 8.11. The van der Waals surface area contributed by atoms with E-state index in [1.165, 1.54) is 27.1 Å². The van der Waals surface area contributed by atoms with Crippen molar-refractivity contribution in [3.05, 3.63) is 56.6 Å². The van der Waals surface area contributed by atoms with E-state index in [1.807, 2.05) is 23.9 Å². The van der Waals surface area contributed by atoms with E-state index in [4.69, 9.17) is 21.1 Å². The molecule has 0 saturated carbocycles. The average Bonchev–Trinajstić information content (AvgIpc) is 2.52. The Bertz CT molecular complexity index is 730. The summed E-state index contributed by atoms with van der Waals surface area (Å²) in [7, 11) is 0. The van der Waals surface area contributed by atoms with Crippen molar-refractivity contribution in [3.63, 3.8) is 0 Å². The summed E-state index contributed by atoms with van der Waals surface area (Å²) in [6.07, 6.45) is 0. The van der Waals surface area contributed by atoms with Crippen molar-refractivity contribution in [3.8, 4) is 5.75 Å². The monoisotopic (exact) mass is 348 g/mol. The highest BCUT2D eigenvalue weighted by Gasteiger charge is 2.17. The Morgan fingerprint density at radius 2 is 1.74 bits per heavy atom. The number of hydrogen-bond acceptors (Lipinski definition) is 3. The van der Waals surface area contributed by atoms with Crippen molar-refractivity contribution in [1.82, 2.24) is 0 Å². The van der Waals surface area contributed by atoms with E-state index >= 15 is 0 Å². The molecule has 0 atom stereocenters. The first kappa shape index (κ1) is 16.7. The molecule has 0 saturated heterocycles. The van der Waals surface area contributed by atoms with Gasteiger partial charge in [-0.05, 0) is 62.1 Å². The standard InChI is InChI=1S/C19H21ClO2S/c1-11-5-12(2)14(4)19(13(11)3)23-9-16-7-17(20)6-15-8-21-10-22-18(15)16/h5-7H,8-10H2,1-4H3. The van der Waals surface area contributed by atoms with Crippen LogP contribution in [-0.4, -0.2) is 6.79 Å². The number of halogens is 1. The summed E-state index contributed by atoms with van der Waals surface area (Å²) in [6, 6.07) is 6.19. The Morgan fingerprint density at radius 1 is 1.04 bits per heavy atom. The Morgan fingerprint density at radius 3 is 2.43 bits per heavy atom. The Labute approximate surface area is 147 Å². The van der Waals surface area contributed by atoms with Gasteiger partial charge >= 0.3 is 0 Å². The first-order valence-corrected chi connectivity index (χ1v) is 9.05. The highest BCUT2D eigenvalue weighted by Crippen LogP contribution is 2.38. The van der Waals surface area contributed by atoms with Crippen LogP contribution in [0, 0.1) is 27.7 Å². The second-order valence-electron chi connectivity index (χ2n) is 6.04. The predicted octanol–water partition coefficient (Wildman–Crippen LogP) is 5.73. The smallest absolute Gasteiger partial charge is 0.189 e. The van der Waals surface area contributed by atoms with Gasteiger partial charge in [0.15, 0.2) is 6.79 Å². The Hall–Kier alpha value is -1.16. The first-order chi connectivity index (χ1) is 11.0. The molecule has 23 heavy (non-hydrogen) atoms. The van der Waals surface area contributed by atoms with Crippen LogP contribution in [0.15, 0.2) is 23.1 Å². The molecule has 0 aliphatic carbocycles. The van der Waals surface area contributed by atoms with E-state index in [9.17, 15) is 0 Å². The van der Waals surface area contributed by atoms with Crippen LogP contribution < -0.4 is 4.74 Å². The zero-order valence-electron chi connectivity index (χ0n) is 14.0. The molecule has 1 aliphatic heterocycles. The third-order valence-electron chi connectivity index (χ3n) is 4.42. The normalized spacial score (nSPS) is 13.6. The maximum atomic E-state index is 6.26. The van der Waals surface area contributed by atoms with Crippen LogP contribution in [0.3, 0.4) is 0 Å². The SMILES string of the molecule is Cc1cc(C)c(C)c(SCc2cc(Cl)cc3c2OCOC3)c1C. The molecule has 0 radical (unpaired) electrons. The molecule has 1 aliphatic rings. The second-order valence-corrected chi connectivity index (χ2v) is 7.46. The molecule has 2 aromatic carbocycles. The molecule has 2 aromatic rings. The summed E-state index contributed by atoms with van der Waals surface area (Å²) in [6.45, 7) is 9.62. The van der Waals surface area contributed by atoms with Crippen molar-refractivity contribution in [2.45, 2.75) is 45.0 Å². The largest absolute Gasteiger partial charge is 0.467 e. The fourth-order valence-electron chi connectivity index (χ4n) is 2.91. The molecule has 0 bridgehead atoms. The minimum absolute atomic E-state index is 0.313. The lowest BCUT2D eigenvalue weighted by Crippen LogP contribution is -2.13. The molecule has 3 rings (SSSR count). The Balaban J connectivity index is 1.92. The fraction of sp³-hybridized carbons (Fsp3) is 0.368. The summed E-state index contributed by atoms with van der Waals surface area (Å²) in [5.41, 5.74) is 7.57. The number of thioether (sulfide) groups is 1. The number of fused-ring (bicyclic) bond motifs is 1. The first-order valence-electron chi connectivity index (χ1n) is 7.69. The van der Waals surface area contributed by atoms with Crippen LogP contribution in [0.25, 0.3) is 0 Å². The summed E-state index contributed by atoms with van der Waals surface area (Å²) in [5, 5.41) is 0.738. The lowest BCUT2D eigenvalue weighted by Gasteiger charge is -2.21. The van der Waals surface area contributed by atoms with Gasteiger partial charge in [0.25, 0.3) is 0 Å². The lowest BCUT2D eigenvalue weighted by atomic mass is 10.0. The minimum Gasteiger partial charge on any atom is -0.467 e. The van der Waals surface area contributed by atoms with Gasteiger partial charge in [0.05, 0.1) is 6.61 Å². The second kappa shape index (κ2) is 6.76. The molecule has 2 nitrogen and oxygen atoms in total. The Kier molecular flexibility index (Phi) is 4.90. The molecule has 0 unspecified atom stereocenters. The quantitative estimate of drug-likeness (QED) is 0.659. The highest BCUT2D eigenvalue weighted by molar-refractivity contribution is 7.98. The molecule has 4 heteroatoms. The fourth-order valence-corrected chi connectivity index (χ4v) is 4.44. The topological polar surface area (TPSA) is 18.5 Å². The highest BCUT2D eigenvalue weighted by atomic mass is 35.5. The van der Waals surface area contributed by atoms with E-state index < -0.39 is 0 Å². The van der Waals surface area contributed by atoms with Crippen LogP contribution >= 0.6 is 23.4 Å². The van der Waals surface area contributed by atoms with Crippen molar-refractivity contribution < 1.29 is 9.47 Å². The summed E-state index contributed by atoms with van der Waals surface area (Å²) in [5.74, 6) is 1.78. The molecule has 0 fully saturated rings. The van der Waals surface area contributed by atoms with Gasteiger partial charge in [0.1, 0.15) is 5.75 Å². The summed E-state index contributed by atoms with van der Waals surface area (Å²) in [4.78, 5) is 1.36. The number of ether oxygens (including phenoxy) is 2. The molecule has 0 aromatic heterocycles. The minimum atomic E-state index is 0.313. The van der Waals surface area contributed by atoms with Crippen molar-refractivity contribution in [1.29, 1.82) is 0 Å². The molecule has 0 spiro atoms. The zero-order valence-corrected chi connectivity index (χ0v) is 15.5. The number of rotatable bonds is 3. The van der Waals surface area contributed by atoms with E-state index in [2.05, 4.69) is 33.8 Å². The summed E-state index contributed by atoms with van der Waals surface area (Å²) < 4.78 is 11.1. The third kappa shape index (κ3) is 3.37. The number of benzene rings is 2. The lowest BCUT2D eigenvalue weighted by molar-refractivity contribution is -0.0168. The van der Waals surface area contributed by atoms with E-state index in [0.717, 1.165) is 27.7 Å². The molecule has 0 amide bonds. The van der Waals surface area contributed by atoms with Gasteiger partial charge in [0, 0.05) is 26.8 Å². The van der Waals surface area contributed by atoms with E-state index in [-0.39, 0.29) is 0 Å². The van der Waals surface area contributed by atoms with Gasteiger partial charge in [-0.15, -0.1) is 11.8 Å². The molecular formula is C19H21ClO2S. The van der Waals surface area contributed by atoms with Gasteiger partial charge in [-0.3, -0.25) is 0 Å². The van der Waals surface area contributed by atoms with Gasteiger partial charge < -0.3 is 9.47 Å². The van der Waals surface area contributed by atoms with Crippen LogP contribution in [0.5, 0.6) is 5.75 Å². The number of hydrogen-bond donors (Lipinski definition) is 0. The maximum absolute atomic E-state index is 6.26. The van der Waals surface area contributed by atoms with Crippen molar-refractivity contribution >= 4 is 23.4 Å². The van der Waals surface area contributed by atoms with Gasteiger partial charge in [-0.1, -0.05) is 17.7 Å². The van der Waals surface area contributed by atoms with Gasteiger partial charge in [0.2, 0.25) is 0 Å². The number of aryl methyl sites for hydroxylation is 2. The van der Waals surface area contributed by atoms with Gasteiger partial charge in [-0.2, -0.15) is 0 Å². The van der Waals surface area contributed by atoms with Crippen LogP contribution in [0.2, 0.25) is 5.02 Å². The molecule has 1 heterocycles. The van der Waals surface area contributed by atoms with Crippen LogP contribution in [-0.2, 0) is 17.1 Å². The van der Waals surface area contributed by atoms with E-state index in [0.29, 0.717) is 13.4 Å². The zero-order chi connectivity index (χ0) is 16.6. The van der Waals surface area contributed by atoms with Crippen LogP contribution in [0.1, 0.15) is 33.4 Å².